The van der Waals surface area contributed by atoms with E-state index in [-0.39, 0.29) is 17.8 Å². The van der Waals surface area contributed by atoms with Crippen molar-refractivity contribution in [3.63, 3.8) is 0 Å². The van der Waals surface area contributed by atoms with Gasteiger partial charge in [-0.05, 0) is 46.8 Å². The summed E-state index contributed by atoms with van der Waals surface area (Å²) in [4.78, 5) is 14.4. The minimum Gasteiger partial charge on any atom is -0.324 e. The average molecular weight is 417 g/mol. The highest BCUT2D eigenvalue weighted by molar-refractivity contribution is 7.10. The van der Waals surface area contributed by atoms with E-state index in [0.29, 0.717) is 5.69 Å². The fourth-order valence-electron chi connectivity index (χ4n) is 3.33. The van der Waals surface area contributed by atoms with Gasteiger partial charge in [0.2, 0.25) is 5.91 Å². The molecule has 0 spiro atoms. The molecule has 4 aromatic rings. The van der Waals surface area contributed by atoms with E-state index in [0.717, 1.165) is 16.0 Å². The van der Waals surface area contributed by atoms with Crippen LogP contribution in [0.25, 0.3) is 0 Å². The van der Waals surface area contributed by atoms with Gasteiger partial charge in [0.05, 0.1) is 6.04 Å². The van der Waals surface area contributed by atoms with Crippen molar-refractivity contribution in [2.45, 2.75) is 12.1 Å². The molecule has 3 aromatic carbocycles. The number of nitrogens with one attached hydrogen (secondary N) is 2. The monoisotopic (exact) mass is 416 g/mol. The topological polar surface area (TPSA) is 41.1 Å². The summed E-state index contributed by atoms with van der Waals surface area (Å²) in [5.74, 6) is -0.544. The van der Waals surface area contributed by atoms with Crippen molar-refractivity contribution in [3.8, 4) is 0 Å². The zero-order valence-electron chi connectivity index (χ0n) is 16.2. The molecule has 150 valence electrons. The van der Waals surface area contributed by atoms with Crippen LogP contribution in [0.4, 0.5) is 10.1 Å². The van der Waals surface area contributed by atoms with Gasteiger partial charge in [0.15, 0.2) is 0 Å². The predicted octanol–water partition coefficient (Wildman–Crippen LogP) is 5.95. The second-order valence-corrected chi connectivity index (χ2v) is 7.84. The molecule has 3 nitrogen and oxygen atoms in total. The van der Waals surface area contributed by atoms with E-state index < -0.39 is 6.04 Å². The van der Waals surface area contributed by atoms with Crippen molar-refractivity contribution in [1.29, 1.82) is 0 Å². The second-order valence-electron chi connectivity index (χ2n) is 6.87. The Hall–Kier alpha value is -3.28. The third-order valence-corrected chi connectivity index (χ3v) is 5.74. The average Bonchev–Trinajstić information content (AvgIpc) is 3.32. The van der Waals surface area contributed by atoms with Crippen molar-refractivity contribution in [3.05, 3.63) is 124 Å². The summed E-state index contributed by atoms with van der Waals surface area (Å²) in [5, 5.41) is 8.48. The number of benzene rings is 3. The fourth-order valence-corrected chi connectivity index (χ4v) is 4.14. The van der Waals surface area contributed by atoms with Gasteiger partial charge in [-0.1, -0.05) is 66.7 Å². The van der Waals surface area contributed by atoms with E-state index in [1.165, 1.54) is 12.1 Å². The first-order valence-corrected chi connectivity index (χ1v) is 10.5. The van der Waals surface area contributed by atoms with E-state index in [9.17, 15) is 9.18 Å². The number of carbonyl (C=O) groups excluding carboxylic acids is 1. The summed E-state index contributed by atoms with van der Waals surface area (Å²) in [5.41, 5.74) is 2.49. The zero-order valence-corrected chi connectivity index (χ0v) is 17.0. The van der Waals surface area contributed by atoms with Gasteiger partial charge in [-0.25, -0.2) is 4.39 Å². The van der Waals surface area contributed by atoms with E-state index in [1.54, 1.807) is 23.5 Å². The van der Waals surface area contributed by atoms with E-state index >= 15 is 0 Å². The molecule has 1 aromatic heterocycles. The molecule has 0 aliphatic rings. The number of amides is 1. The molecular formula is C25H21FN2OS. The summed E-state index contributed by atoms with van der Waals surface area (Å²) >= 11 is 1.64. The van der Waals surface area contributed by atoms with Gasteiger partial charge in [0.1, 0.15) is 11.9 Å². The first kappa shape index (κ1) is 20.0. The van der Waals surface area contributed by atoms with Gasteiger partial charge < -0.3 is 5.32 Å². The molecule has 0 unspecified atom stereocenters. The number of rotatable bonds is 7. The molecule has 30 heavy (non-hydrogen) atoms. The molecule has 5 heteroatoms. The Kier molecular flexibility index (Phi) is 6.32. The normalized spacial score (nSPS) is 12.8. The third-order valence-electron chi connectivity index (χ3n) is 4.80. The Balaban J connectivity index is 1.66. The minimum atomic E-state index is -0.594. The number of anilines is 1. The van der Waals surface area contributed by atoms with Crippen LogP contribution in [0.5, 0.6) is 0 Å². The number of carbonyl (C=O) groups is 1. The molecule has 0 fully saturated rings. The van der Waals surface area contributed by atoms with Gasteiger partial charge in [0, 0.05) is 10.6 Å². The van der Waals surface area contributed by atoms with Crippen LogP contribution in [0.3, 0.4) is 0 Å². The number of hydrogen-bond acceptors (Lipinski definition) is 3. The molecule has 1 heterocycles. The van der Waals surface area contributed by atoms with Crippen molar-refractivity contribution < 1.29 is 9.18 Å². The lowest BCUT2D eigenvalue weighted by molar-refractivity contribution is -0.118. The van der Waals surface area contributed by atoms with Crippen LogP contribution in [-0.2, 0) is 4.79 Å². The summed E-state index contributed by atoms with van der Waals surface area (Å²) in [7, 11) is 0. The molecule has 0 radical (unpaired) electrons. The van der Waals surface area contributed by atoms with Crippen molar-refractivity contribution in [2.75, 3.05) is 5.32 Å². The lowest BCUT2D eigenvalue weighted by atomic mass is 10.0. The highest BCUT2D eigenvalue weighted by Gasteiger charge is 2.26. The molecule has 4 rings (SSSR count). The Morgan fingerprint density at radius 3 is 2.00 bits per heavy atom. The van der Waals surface area contributed by atoms with Crippen molar-refractivity contribution in [2.24, 2.45) is 0 Å². The molecule has 0 saturated heterocycles. The lowest BCUT2D eigenvalue weighted by Crippen LogP contribution is -2.35. The Morgan fingerprint density at radius 2 is 1.40 bits per heavy atom. The van der Waals surface area contributed by atoms with Crippen molar-refractivity contribution in [1.82, 2.24) is 5.32 Å². The molecule has 2 N–H and O–H groups in total. The maximum atomic E-state index is 13.3. The van der Waals surface area contributed by atoms with Crippen LogP contribution in [0.15, 0.2) is 102 Å². The first-order valence-electron chi connectivity index (χ1n) is 9.66. The first-order chi connectivity index (χ1) is 14.7. The van der Waals surface area contributed by atoms with Gasteiger partial charge in [-0.15, -0.1) is 11.3 Å². The molecule has 0 saturated carbocycles. The molecule has 1 amide bonds. The summed E-state index contributed by atoms with van der Waals surface area (Å²) in [6, 6.07) is 28.8. The Labute approximate surface area is 179 Å². The lowest BCUT2D eigenvalue weighted by Gasteiger charge is -2.25. The highest BCUT2D eigenvalue weighted by atomic mass is 32.1. The van der Waals surface area contributed by atoms with Gasteiger partial charge in [0.25, 0.3) is 0 Å². The summed E-state index contributed by atoms with van der Waals surface area (Å²) < 4.78 is 13.2. The SMILES string of the molecule is O=C(Nc1ccc(F)cc1)[C@@H](N[C@@H](c1ccccc1)c1cccs1)c1ccccc1. The number of halogens is 1. The van der Waals surface area contributed by atoms with Crippen LogP contribution >= 0.6 is 11.3 Å². The molecule has 0 aliphatic heterocycles. The maximum absolute atomic E-state index is 13.3. The summed E-state index contributed by atoms with van der Waals surface area (Å²) in [6.07, 6.45) is 0. The predicted molar refractivity (Wildman–Crippen MR) is 120 cm³/mol. The molecule has 2 atom stereocenters. The highest BCUT2D eigenvalue weighted by Crippen LogP contribution is 2.29. The largest absolute Gasteiger partial charge is 0.324 e. The standard InChI is InChI=1S/C25H21FN2OS/c26-20-13-15-21(16-14-20)27-25(29)24(19-10-5-2-6-11-19)28-23(22-12-7-17-30-22)18-8-3-1-4-9-18/h1-17,23-24,28H,(H,27,29)/t23-,24-/m0/s1. The summed E-state index contributed by atoms with van der Waals surface area (Å²) in [6.45, 7) is 0. The number of thiophene rings is 1. The van der Waals surface area contributed by atoms with Crippen LogP contribution in [0, 0.1) is 5.82 Å². The smallest absolute Gasteiger partial charge is 0.246 e. The van der Waals surface area contributed by atoms with Gasteiger partial charge >= 0.3 is 0 Å². The van der Waals surface area contributed by atoms with E-state index in [1.807, 2.05) is 60.0 Å². The number of hydrogen-bond donors (Lipinski definition) is 2. The van der Waals surface area contributed by atoms with Gasteiger partial charge in [-0.3, -0.25) is 10.1 Å². The zero-order chi connectivity index (χ0) is 20.8. The second kappa shape index (κ2) is 9.48. The quantitative estimate of drug-likeness (QED) is 0.391. The van der Waals surface area contributed by atoms with Crippen LogP contribution in [0.1, 0.15) is 28.1 Å². The Bertz CT molecular complexity index is 1070. The van der Waals surface area contributed by atoms with Crippen LogP contribution < -0.4 is 10.6 Å². The van der Waals surface area contributed by atoms with E-state index in [2.05, 4.69) is 28.8 Å². The Morgan fingerprint density at radius 1 is 0.767 bits per heavy atom. The molecule has 0 bridgehead atoms. The molecule has 0 aliphatic carbocycles. The fraction of sp³-hybridized carbons (Fsp3) is 0.0800. The maximum Gasteiger partial charge on any atom is 0.246 e. The van der Waals surface area contributed by atoms with Gasteiger partial charge in [-0.2, -0.15) is 0 Å². The van der Waals surface area contributed by atoms with E-state index in [4.69, 9.17) is 0 Å². The minimum absolute atomic E-state index is 0.143. The van der Waals surface area contributed by atoms with Crippen LogP contribution in [0.2, 0.25) is 0 Å². The third kappa shape index (κ3) is 4.82. The molecular weight excluding hydrogens is 395 g/mol. The van der Waals surface area contributed by atoms with Crippen molar-refractivity contribution >= 4 is 22.9 Å². The van der Waals surface area contributed by atoms with Crippen LogP contribution in [-0.4, -0.2) is 5.91 Å².